The van der Waals surface area contributed by atoms with Gasteiger partial charge in [-0.05, 0) is 37.3 Å². The smallest absolute Gasteiger partial charge is 0.244 e. The van der Waals surface area contributed by atoms with Crippen molar-refractivity contribution in [2.24, 2.45) is 5.92 Å². The summed E-state index contributed by atoms with van der Waals surface area (Å²) in [7, 11) is 0. The molecule has 1 saturated heterocycles. The molecule has 6 heteroatoms. The Hall–Kier alpha value is -1.79. The van der Waals surface area contributed by atoms with E-state index in [2.05, 4.69) is 20.0 Å². The van der Waals surface area contributed by atoms with Crippen LogP contribution >= 0.6 is 0 Å². The summed E-state index contributed by atoms with van der Waals surface area (Å²) >= 11 is 0. The first-order valence-electron chi connectivity index (χ1n) is 7.47. The molecule has 110 valence electrons. The summed E-state index contributed by atoms with van der Waals surface area (Å²) < 4.78 is 5.43. The summed E-state index contributed by atoms with van der Waals surface area (Å²) in [6.45, 7) is 1.71. The van der Waals surface area contributed by atoms with Crippen LogP contribution in [0, 0.1) is 5.92 Å². The van der Waals surface area contributed by atoms with Crippen LogP contribution in [0.2, 0.25) is 0 Å². The van der Waals surface area contributed by atoms with Crippen molar-refractivity contribution in [3.8, 4) is 11.5 Å². The number of likely N-dealkylation sites (tertiary alicyclic amines) is 1. The third-order valence-electron chi connectivity index (χ3n) is 4.19. The van der Waals surface area contributed by atoms with Crippen molar-refractivity contribution in [2.75, 3.05) is 13.1 Å². The average molecular weight is 286 g/mol. The maximum atomic E-state index is 9.94. The van der Waals surface area contributed by atoms with Gasteiger partial charge in [-0.1, -0.05) is 11.2 Å². The Morgan fingerprint density at radius 1 is 1.33 bits per heavy atom. The number of rotatable bonds is 4. The van der Waals surface area contributed by atoms with Crippen LogP contribution in [0.3, 0.4) is 0 Å². The number of pyridine rings is 1. The van der Waals surface area contributed by atoms with Crippen LogP contribution < -0.4 is 0 Å². The first kappa shape index (κ1) is 12.9. The molecule has 2 fully saturated rings. The predicted octanol–water partition coefficient (Wildman–Crippen LogP) is 1.65. The number of hydrogen-bond acceptors (Lipinski definition) is 6. The second kappa shape index (κ2) is 5.20. The largest absolute Gasteiger partial charge is 0.392 e. The van der Waals surface area contributed by atoms with Gasteiger partial charge in [-0.25, -0.2) is 0 Å². The molecule has 1 aliphatic heterocycles. The van der Waals surface area contributed by atoms with E-state index in [0.29, 0.717) is 30.4 Å². The molecule has 2 aromatic rings. The Labute approximate surface area is 122 Å². The van der Waals surface area contributed by atoms with Crippen LogP contribution in [-0.4, -0.2) is 44.3 Å². The van der Waals surface area contributed by atoms with E-state index >= 15 is 0 Å². The van der Waals surface area contributed by atoms with Crippen molar-refractivity contribution in [3.05, 3.63) is 30.3 Å². The van der Waals surface area contributed by atoms with E-state index in [0.717, 1.165) is 12.5 Å². The summed E-state index contributed by atoms with van der Waals surface area (Å²) in [5, 5.41) is 14.0. The second-order valence-electron chi connectivity index (χ2n) is 5.97. The van der Waals surface area contributed by atoms with Gasteiger partial charge in [-0.2, -0.15) is 4.98 Å². The van der Waals surface area contributed by atoms with E-state index in [9.17, 15) is 5.11 Å². The molecular formula is C15H18N4O2. The molecule has 2 aliphatic rings. The van der Waals surface area contributed by atoms with Gasteiger partial charge in [0.1, 0.15) is 5.69 Å². The molecule has 0 bridgehead atoms. The SMILES string of the molecule is O[C@@H]1C[C@@H](c2nc(-c3ccccn3)no2)N(CC2CC2)C1. The topological polar surface area (TPSA) is 75.3 Å². The Morgan fingerprint density at radius 3 is 3.00 bits per heavy atom. The first-order valence-corrected chi connectivity index (χ1v) is 7.47. The molecule has 1 N–H and O–H groups in total. The van der Waals surface area contributed by atoms with Crippen LogP contribution in [-0.2, 0) is 0 Å². The van der Waals surface area contributed by atoms with Crippen LogP contribution in [0.4, 0.5) is 0 Å². The van der Waals surface area contributed by atoms with Gasteiger partial charge in [-0.3, -0.25) is 9.88 Å². The Morgan fingerprint density at radius 2 is 2.24 bits per heavy atom. The zero-order valence-corrected chi connectivity index (χ0v) is 11.7. The van der Waals surface area contributed by atoms with Gasteiger partial charge in [-0.15, -0.1) is 0 Å². The van der Waals surface area contributed by atoms with Crippen molar-refractivity contribution in [1.29, 1.82) is 0 Å². The highest BCUT2D eigenvalue weighted by Gasteiger charge is 2.38. The number of hydrogen-bond donors (Lipinski definition) is 1. The third kappa shape index (κ3) is 2.69. The molecule has 1 aliphatic carbocycles. The van der Waals surface area contributed by atoms with Gasteiger partial charge < -0.3 is 9.63 Å². The number of β-amino-alcohol motifs (C(OH)–C–C–N with tert-alkyl or cyclic N) is 1. The average Bonchev–Trinajstić information content (AvgIpc) is 3.05. The quantitative estimate of drug-likeness (QED) is 0.921. The predicted molar refractivity (Wildman–Crippen MR) is 75.2 cm³/mol. The molecule has 21 heavy (non-hydrogen) atoms. The zero-order valence-electron chi connectivity index (χ0n) is 11.7. The summed E-state index contributed by atoms with van der Waals surface area (Å²) in [5.74, 6) is 1.88. The van der Waals surface area contributed by atoms with Gasteiger partial charge in [0.2, 0.25) is 11.7 Å². The molecule has 0 radical (unpaired) electrons. The van der Waals surface area contributed by atoms with Crippen LogP contribution in [0.15, 0.2) is 28.9 Å². The fraction of sp³-hybridized carbons (Fsp3) is 0.533. The Bertz CT molecular complexity index is 611. The number of aromatic nitrogens is 3. The van der Waals surface area contributed by atoms with Gasteiger partial charge in [0.05, 0.1) is 12.1 Å². The van der Waals surface area contributed by atoms with Crippen molar-refractivity contribution < 1.29 is 9.63 Å². The Balaban J connectivity index is 1.56. The molecule has 2 atom stereocenters. The number of aliphatic hydroxyl groups excluding tert-OH is 1. The van der Waals surface area contributed by atoms with Gasteiger partial charge in [0.15, 0.2) is 0 Å². The molecule has 0 aromatic carbocycles. The summed E-state index contributed by atoms with van der Waals surface area (Å²) in [5.41, 5.74) is 0.708. The second-order valence-corrected chi connectivity index (χ2v) is 5.97. The summed E-state index contributed by atoms with van der Waals surface area (Å²) in [4.78, 5) is 11.0. The van der Waals surface area contributed by atoms with Gasteiger partial charge in [0, 0.05) is 19.3 Å². The lowest BCUT2D eigenvalue weighted by Crippen LogP contribution is -2.27. The highest BCUT2D eigenvalue weighted by atomic mass is 16.5. The van der Waals surface area contributed by atoms with E-state index in [4.69, 9.17) is 4.52 Å². The molecule has 2 aromatic heterocycles. The molecule has 0 amide bonds. The summed E-state index contributed by atoms with van der Waals surface area (Å²) in [6, 6.07) is 5.65. The lowest BCUT2D eigenvalue weighted by atomic mass is 10.2. The first-order chi connectivity index (χ1) is 10.3. The van der Waals surface area contributed by atoms with Crippen molar-refractivity contribution in [3.63, 3.8) is 0 Å². The lowest BCUT2D eigenvalue weighted by molar-refractivity contribution is 0.170. The molecule has 0 spiro atoms. The van der Waals surface area contributed by atoms with Crippen LogP contribution in [0.5, 0.6) is 0 Å². The highest BCUT2D eigenvalue weighted by Crippen LogP contribution is 2.37. The lowest BCUT2D eigenvalue weighted by Gasteiger charge is -2.20. The normalized spacial score (nSPS) is 26.3. The van der Waals surface area contributed by atoms with E-state index < -0.39 is 0 Å². The van der Waals surface area contributed by atoms with Crippen molar-refractivity contribution in [2.45, 2.75) is 31.4 Å². The fourth-order valence-corrected chi connectivity index (χ4v) is 2.94. The summed E-state index contributed by atoms with van der Waals surface area (Å²) in [6.07, 6.45) is 4.66. The van der Waals surface area contributed by atoms with Gasteiger partial charge >= 0.3 is 0 Å². The number of aliphatic hydroxyl groups is 1. The molecule has 0 unspecified atom stereocenters. The van der Waals surface area contributed by atoms with E-state index in [-0.39, 0.29) is 12.1 Å². The number of nitrogens with zero attached hydrogens (tertiary/aromatic N) is 4. The zero-order chi connectivity index (χ0) is 14.2. The molecule has 4 rings (SSSR count). The minimum atomic E-state index is -0.307. The molecule has 6 nitrogen and oxygen atoms in total. The van der Waals surface area contributed by atoms with Gasteiger partial charge in [0.25, 0.3) is 0 Å². The van der Waals surface area contributed by atoms with E-state index in [1.807, 2.05) is 18.2 Å². The maximum absolute atomic E-state index is 9.94. The standard InChI is InChI=1S/C15H18N4O2/c20-11-7-13(19(9-11)8-10-4-5-10)15-17-14(18-21-15)12-3-1-2-6-16-12/h1-3,6,10-11,13,20H,4-5,7-9H2/t11-,13+/m1/s1. The minimum Gasteiger partial charge on any atom is -0.392 e. The molecular weight excluding hydrogens is 268 g/mol. The van der Waals surface area contributed by atoms with Crippen molar-refractivity contribution in [1.82, 2.24) is 20.0 Å². The van der Waals surface area contributed by atoms with Crippen LogP contribution in [0.25, 0.3) is 11.5 Å². The molecule has 3 heterocycles. The Kier molecular flexibility index (Phi) is 3.20. The molecule has 1 saturated carbocycles. The minimum absolute atomic E-state index is 0.0329. The van der Waals surface area contributed by atoms with E-state index in [1.165, 1.54) is 12.8 Å². The highest BCUT2D eigenvalue weighted by molar-refractivity contribution is 5.47. The van der Waals surface area contributed by atoms with Crippen molar-refractivity contribution >= 4 is 0 Å². The fourth-order valence-electron chi connectivity index (χ4n) is 2.94. The third-order valence-corrected chi connectivity index (χ3v) is 4.19. The van der Waals surface area contributed by atoms with E-state index in [1.54, 1.807) is 6.20 Å². The maximum Gasteiger partial charge on any atom is 0.244 e. The monoisotopic (exact) mass is 286 g/mol. The van der Waals surface area contributed by atoms with Crippen LogP contribution in [0.1, 0.15) is 31.2 Å².